The number of hydrogen-bond acceptors (Lipinski definition) is 4. The number of benzene rings is 2. The Morgan fingerprint density at radius 2 is 2.12 bits per heavy atom. The van der Waals surface area contributed by atoms with Gasteiger partial charge in [-0.05, 0) is 54.9 Å². The first-order valence-corrected chi connectivity index (χ1v) is 9.23. The Morgan fingerprint density at radius 3 is 2.96 bits per heavy atom. The third-order valence-electron chi connectivity index (χ3n) is 4.62. The standard InChI is InChI=1S/C20H21N3O2S/c1-13(22-23-20(26)21-12-15-6-4-10-24-15)19-11-17-16-7-3-2-5-14(16)8-9-18(17)25-19/h2-3,5,7-9,11,15H,4,6,10,12H2,1H3,(H2,21,23,26)/b22-13-/t15-/m1/s1. The van der Waals surface area contributed by atoms with Crippen LogP contribution < -0.4 is 10.7 Å². The summed E-state index contributed by atoms with van der Waals surface area (Å²) in [6.07, 6.45) is 2.43. The summed E-state index contributed by atoms with van der Waals surface area (Å²) in [6.45, 7) is 3.44. The molecular formula is C20H21N3O2S. The SMILES string of the molecule is C/C(=N/NC(=S)NC[C@H]1CCCO1)c1cc2c(ccc3ccccc32)o1. The van der Waals surface area contributed by atoms with E-state index in [-0.39, 0.29) is 6.10 Å². The van der Waals surface area contributed by atoms with Crippen LogP contribution in [0.25, 0.3) is 21.7 Å². The summed E-state index contributed by atoms with van der Waals surface area (Å²) in [5.74, 6) is 0.728. The van der Waals surface area contributed by atoms with E-state index in [2.05, 4.69) is 34.0 Å². The number of nitrogens with one attached hydrogen (secondary N) is 2. The zero-order valence-corrected chi connectivity index (χ0v) is 15.4. The van der Waals surface area contributed by atoms with Gasteiger partial charge in [0.25, 0.3) is 0 Å². The summed E-state index contributed by atoms with van der Waals surface area (Å²) in [7, 11) is 0. The largest absolute Gasteiger partial charge is 0.455 e. The van der Waals surface area contributed by atoms with Crippen LogP contribution in [0, 0.1) is 0 Å². The van der Waals surface area contributed by atoms with Crippen molar-refractivity contribution in [1.29, 1.82) is 0 Å². The minimum absolute atomic E-state index is 0.239. The lowest BCUT2D eigenvalue weighted by Gasteiger charge is -2.12. The molecule has 1 aliphatic rings. The van der Waals surface area contributed by atoms with Gasteiger partial charge in [-0.2, -0.15) is 5.10 Å². The van der Waals surface area contributed by atoms with E-state index in [4.69, 9.17) is 21.4 Å². The molecule has 6 heteroatoms. The Hall–Kier alpha value is -2.44. The molecule has 4 rings (SSSR count). The number of fused-ring (bicyclic) bond motifs is 3. The summed E-state index contributed by atoms with van der Waals surface area (Å²) >= 11 is 5.27. The molecule has 0 unspecified atom stereocenters. The van der Waals surface area contributed by atoms with Crippen molar-refractivity contribution in [1.82, 2.24) is 10.7 Å². The van der Waals surface area contributed by atoms with Crippen molar-refractivity contribution < 1.29 is 9.15 Å². The zero-order valence-electron chi connectivity index (χ0n) is 14.6. The van der Waals surface area contributed by atoms with Crippen LogP contribution in [0.1, 0.15) is 25.5 Å². The average molecular weight is 367 g/mol. The summed E-state index contributed by atoms with van der Waals surface area (Å²) in [5, 5.41) is 11.4. The second kappa shape index (κ2) is 7.43. The van der Waals surface area contributed by atoms with E-state index in [1.807, 2.05) is 31.2 Å². The molecule has 2 heterocycles. The maximum atomic E-state index is 5.96. The molecule has 134 valence electrons. The predicted octanol–water partition coefficient (Wildman–Crippen LogP) is 3.95. The molecule has 2 aromatic carbocycles. The number of thiocarbonyl (C=S) groups is 1. The van der Waals surface area contributed by atoms with Crippen LogP contribution in [0.15, 0.2) is 52.0 Å². The fourth-order valence-corrected chi connectivity index (χ4v) is 3.34. The number of hydrazone groups is 1. The van der Waals surface area contributed by atoms with Gasteiger partial charge in [0.05, 0.1) is 6.10 Å². The quantitative estimate of drug-likeness (QED) is 0.415. The number of ether oxygens (including phenoxy) is 1. The summed E-state index contributed by atoms with van der Waals surface area (Å²) < 4.78 is 11.5. The molecule has 0 radical (unpaired) electrons. The molecule has 2 N–H and O–H groups in total. The molecule has 0 aliphatic carbocycles. The van der Waals surface area contributed by atoms with Crippen LogP contribution in [-0.2, 0) is 4.74 Å². The molecule has 0 bridgehead atoms. The minimum atomic E-state index is 0.239. The van der Waals surface area contributed by atoms with Crippen LogP contribution in [0.3, 0.4) is 0 Å². The molecule has 3 aromatic rings. The van der Waals surface area contributed by atoms with Crippen molar-refractivity contribution in [3.05, 3.63) is 48.2 Å². The summed E-state index contributed by atoms with van der Waals surface area (Å²) in [4.78, 5) is 0. The second-order valence-electron chi connectivity index (χ2n) is 6.46. The van der Waals surface area contributed by atoms with E-state index >= 15 is 0 Å². The topological polar surface area (TPSA) is 58.8 Å². The van der Waals surface area contributed by atoms with Crippen LogP contribution in [0.5, 0.6) is 0 Å². The van der Waals surface area contributed by atoms with Crippen molar-refractivity contribution in [2.75, 3.05) is 13.2 Å². The van der Waals surface area contributed by atoms with Crippen LogP contribution in [0.4, 0.5) is 0 Å². The lowest BCUT2D eigenvalue weighted by Crippen LogP contribution is -2.37. The molecule has 5 nitrogen and oxygen atoms in total. The van der Waals surface area contributed by atoms with Gasteiger partial charge in [-0.1, -0.05) is 30.3 Å². The average Bonchev–Trinajstić information content (AvgIpc) is 3.33. The van der Waals surface area contributed by atoms with Gasteiger partial charge in [-0.3, -0.25) is 5.43 Å². The second-order valence-corrected chi connectivity index (χ2v) is 6.87. The first kappa shape index (κ1) is 17.0. The van der Waals surface area contributed by atoms with Gasteiger partial charge < -0.3 is 14.5 Å². The molecule has 1 fully saturated rings. The molecule has 26 heavy (non-hydrogen) atoms. The van der Waals surface area contributed by atoms with Gasteiger partial charge in [0.2, 0.25) is 0 Å². The minimum Gasteiger partial charge on any atom is -0.455 e. The maximum absolute atomic E-state index is 5.96. The van der Waals surface area contributed by atoms with Gasteiger partial charge in [0.1, 0.15) is 11.3 Å². The monoisotopic (exact) mass is 367 g/mol. The molecule has 0 saturated carbocycles. The molecule has 0 amide bonds. The highest BCUT2D eigenvalue weighted by Gasteiger charge is 2.15. The van der Waals surface area contributed by atoms with Gasteiger partial charge >= 0.3 is 0 Å². The van der Waals surface area contributed by atoms with E-state index in [1.54, 1.807) is 0 Å². The van der Waals surface area contributed by atoms with Gasteiger partial charge in [-0.25, -0.2) is 0 Å². The molecule has 0 spiro atoms. The number of hydrogen-bond donors (Lipinski definition) is 2. The number of furan rings is 1. The van der Waals surface area contributed by atoms with Crippen molar-refractivity contribution >= 4 is 44.8 Å². The summed E-state index contributed by atoms with van der Waals surface area (Å²) in [6, 6.07) is 14.4. The predicted molar refractivity (Wildman–Crippen MR) is 109 cm³/mol. The first-order chi connectivity index (χ1) is 12.7. The van der Waals surface area contributed by atoms with Gasteiger partial charge in [0.15, 0.2) is 10.9 Å². The van der Waals surface area contributed by atoms with Crippen LogP contribution in [0.2, 0.25) is 0 Å². The Labute approximate surface area is 157 Å². The first-order valence-electron chi connectivity index (χ1n) is 8.82. The normalized spacial score (nSPS) is 17.7. The molecule has 1 saturated heterocycles. The zero-order chi connectivity index (χ0) is 17.9. The number of rotatable bonds is 4. The van der Waals surface area contributed by atoms with Gasteiger partial charge in [0, 0.05) is 18.5 Å². The molecule has 1 aliphatic heterocycles. The fraction of sp³-hybridized carbons (Fsp3) is 0.300. The Bertz CT molecular complexity index is 974. The van der Waals surface area contributed by atoms with E-state index in [0.29, 0.717) is 11.7 Å². The number of nitrogens with zero attached hydrogens (tertiary/aromatic N) is 1. The molecular weight excluding hydrogens is 346 g/mol. The van der Waals surface area contributed by atoms with Crippen molar-refractivity contribution in [3.63, 3.8) is 0 Å². The van der Waals surface area contributed by atoms with Crippen molar-refractivity contribution in [2.24, 2.45) is 5.10 Å². The third kappa shape index (κ3) is 3.57. The Balaban J connectivity index is 1.46. The lowest BCUT2D eigenvalue weighted by atomic mass is 10.1. The Morgan fingerprint density at radius 1 is 1.23 bits per heavy atom. The third-order valence-corrected chi connectivity index (χ3v) is 4.86. The van der Waals surface area contributed by atoms with E-state index in [9.17, 15) is 0 Å². The summed E-state index contributed by atoms with van der Waals surface area (Å²) in [5.41, 5.74) is 4.48. The highest BCUT2D eigenvalue weighted by molar-refractivity contribution is 7.80. The van der Waals surface area contributed by atoms with Crippen LogP contribution >= 0.6 is 12.2 Å². The maximum Gasteiger partial charge on any atom is 0.187 e. The molecule has 1 atom stereocenters. The highest BCUT2D eigenvalue weighted by atomic mass is 32.1. The van der Waals surface area contributed by atoms with E-state index < -0.39 is 0 Å². The molecule has 1 aromatic heterocycles. The highest BCUT2D eigenvalue weighted by Crippen LogP contribution is 2.28. The van der Waals surface area contributed by atoms with Crippen molar-refractivity contribution in [3.8, 4) is 0 Å². The fourth-order valence-electron chi connectivity index (χ4n) is 3.21. The lowest BCUT2D eigenvalue weighted by molar-refractivity contribution is 0.114. The van der Waals surface area contributed by atoms with E-state index in [0.717, 1.165) is 41.9 Å². The van der Waals surface area contributed by atoms with E-state index in [1.165, 1.54) is 10.8 Å². The Kier molecular flexibility index (Phi) is 4.86. The van der Waals surface area contributed by atoms with Crippen molar-refractivity contribution in [2.45, 2.75) is 25.9 Å². The smallest absolute Gasteiger partial charge is 0.187 e. The van der Waals surface area contributed by atoms with Gasteiger partial charge in [-0.15, -0.1) is 0 Å². The van der Waals surface area contributed by atoms with Crippen LogP contribution in [-0.4, -0.2) is 30.1 Å².